The lowest BCUT2D eigenvalue weighted by molar-refractivity contribution is 0.0753. The summed E-state index contributed by atoms with van der Waals surface area (Å²) in [4.78, 5) is 14.1. The van der Waals surface area contributed by atoms with E-state index in [2.05, 4.69) is 37.0 Å². The van der Waals surface area contributed by atoms with Crippen LogP contribution in [0.4, 0.5) is 0 Å². The summed E-state index contributed by atoms with van der Waals surface area (Å²) in [6.07, 6.45) is 1.27. The highest BCUT2D eigenvalue weighted by Gasteiger charge is 2.21. The molecule has 1 heterocycles. The number of carbonyl (C=O) groups is 1. The summed E-state index contributed by atoms with van der Waals surface area (Å²) < 4.78 is 1.74. The zero-order valence-corrected chi connectivity index (χ0v) is 12.7. The third-order valence-corrected chi connectivity index (χ3v) is 3.79. The van der Waals surface area contributed by atoms with Crippen molar-refractivity contribution < 1.29 is 10.0 Å². The maximum absolute atomic E-state index is 12.3. The Morgan fingerprint density at radius 3 is 2.22 bits per heavy atom. The maximum atomic E-state index is 12.3. The van der Waals surface area contributed by atoms with Gasteiger partial charge >= 0.3 is 0 Å². The number of nitrogens with zero attached hydrogens (tertiary/aromatic N) is 2. The normalized spacial score (nSPS) is 15.7. The Labute approximate surface area is 122 Å². The van der Waals surface area contributed by atoms with E-state index in [1.807, 2.05) is 18.2 Å². The van der Waals surface area contributed by atoms with Gasteiger partial charge in [-0.1, -0.05) is 37.0 Å². The Bertz CT molecular complexity index is 473. The lowest BCUT2D eigenvalue weighted by atomic mass is 10.1. The van der Waals surface area contributed by atoms with Crippen LogP contribution in [-0.4, -0.2) is 34.8 Å². The minimum atomic E-state index is 0.00832. The van der Waals surface area contributed by atoms with Gasteiger partial charge in [-0.3, -0.25) is 4.79 Å². The quantitative estimate of drug-likeness (QED) is 0.604. The standard InChI is InChI=1S/C12H12Br2N2O2/c13-9-5-8(6-10(14)7-9)12(17)16-3-1-11(15-18)2-4-16/h5-7,18H,1-4H2. The molecule has 96 valence electrons. The van der Waals surface area contributed by atoms with Gasteiger partial charge in [0.15, 0.2) is 0 Å². The van der Waals surface area contributed by atoms with Crippen molar-refractivity contribution in [3.05, 3.63) is 32.7 Å². The molecule has 0 bridgehead atoms. The lowest BCUT2D eigenvalue weighted by Gasteiger charge is -2.27. The van der Waals surface area contributed by atoms with Gasteiger partial charge in [0, 0.05) is 40.4 Å². The van der Waals surface area contributed by atoms with Gasteiger partial charge < -0.3 is 10.1 Å². The number of hydrogen-bond acceptors (Lipinski definition) is 3. The van der Waals surface area contributed by atoms with Crippen molar-refractivity contribution in [2.75, 3.05) is 13.1 Å². The third-order valence-electron chi connectivity index (χ3n) is 2.88. The van der Waals surface area contributed by atoms with Crippen LogP contribution in [0.15, 0.2) is 32.3 Å². The molecule has 0 aliphatic carbocycles. The second-order valence-electron chi connectivity index (χ2n) is 4.12. The van der Waals surface area contributed by atoms with Crippen LogP contribution in [0.1, 0.15) is 23.2 Å². The Morgan fingerprint density at radius 1 is 1.17 bits per heavy atom. The van der Waals surface area contributed by atoms with Crippen LogP contribution < -0.4 is 0 Å². The van der Waals surface area contributed by atoms with E-state index in [1.165, 1.54) is 0 Å². The van der Waals surface area contributed by atoms with E-state index in [0.717, 1.165) is 14.7 Å². The molecule has 1 saturated heterocycles. The minimum absolute atomic E-state index is 0.00832. The summed E-state index contributed by atoms with van der Waals surface area (Å²) in [5.41, 5.74) is 1.41. The molecule has 1 fully saturated rings. The zero-order chi connectivity index (χ0) is 13.1. The number of likely N-dealkylation sites (tertiary alicyclic amines) is 1. The maximum Gasteiger partial charge on any atom is 0.253 e. The molecule has 1 N–H and O–H groups in total. The van der Waals surface area contributed by atoms with E-state index in [0.29, 0.717) is 31.5 Å². The molecule has 0 atom stereocenters. The number of hydrogen-bond donors (Lipinski definition) is 1. The van der Waals surface area contributed by atoms with E-state index < -0.39 is 0 Å². The largest absolute Gasteiger partial charge is 0.411 e. The first-order chi connectivity index (χ1) is 8.60. The smallest absolute Gasteiger partial charge is 0.253 e. The fourth-order valence-electron chi connectivity index (χ4n) is 1.93. The highest BCUT2D eigenvalue weighted by Crippen LogP contribution is 2.22. The zero-order valence-electron chi connectivity index (χ0n) is 9.57. The fourth-order valence-corrected chi connectivity index (χ4v) is 3.22. The monoisotopic (exact) mass is 374 g/mol. The van der Waals surface area contributed by atoms with E-state index >= 15 is 0 Å². The predicted molar refractivity (Wildman–Crippen MR) is 76.2 cm³/mol. The number of rotatable bonds is 1. The Hall–Kier alpha value is -0.880. The number of carbonyl (C=O) groups excluding carboxylic acids is 1. The van der Waals surface area contributed by atoms with Gasteiger partial charge in [-0.25, -0.2) is 0 Å². The first-order valence-electron chi connectivity index (χ1n) is 5.55. The number of piperidine rings is 1. The summed E-state index contributed by atoms with van der Waals surface area (Å²) in [6, 6.07) is 5.51. The van der Waals surface area contributed by atoms with Crippen molar-refractivity contribution in [3.63, 3.8) is 0 Å². The Kier molecular flexibility index (Phi) is 4.40. The second kappa shape index (κ2) is 5.84. The van der Waals surface area contributed by atoms with Gasteiger partial charge in [-0.2, -0.15) is 0 Å². The van der Waals surface area contributed by atoms with E-state index in [-0.39, 0.29) is 5.91 Å². The first-order valence-corrected chi connectivity index (χ1v) is 7.14. The van der Waals surface area contributed by atoms with Crippen LogP contribution >= 0.6 is 31.9 Å². The molecule has 1 amide bonds. The highest BCUT2D eigenvalue weighted by molar-refractivity contribution is 9.11. The van der Waals surface area contributed by atoms with Crippen molar-refractivity contribution in [2.45, 2.75) is 12.8 Å². The SMILES string of the molecule is O=C(c1cc(Br)cc(Br)c1)N1CCC(=NO)CC1. The van der Waals surface area contributed by atoms with Crippen LogP contribution in [0.2, 0.25) is 0 Å². The van der Waals surface area contributed by atoms with Crippen molar-refractivity contribution in [1.82, 2.24) is 4.90 Å². The summed E-state index contributed by atoms with van der Waals surface area (Å²) in [5, 5.41) is 11.9. The third kappa shape index (κ3) is 3.11. The van der Waals surface area contributed by atoms with E-state index in [4.69, 9.17) is 5.21 Å². The minimum Gasteiger partial charge on any atom is -0.411 e. The summed E-state index contributed by atoms with van der Waals surface area (Å²) in [7, 11) is 0. The van der Waals surface area contributed by atoms with Gasteiger partial charge in [0.05, 0.1) is 5.71 Å². The topological polar surface area (TPSA) is 52.9 Å². The van der Waals surface area contributed by atoms with Gasteiger partial charge in [0.2, 0.25) is 0 Å². The Morgan fingerprint density at radius 2 is 1.72 bits per heavy atom. The van der Waals surface area contributed by atoms with Crippen LogP contribution in [0.3, 0.4) is 0 Å². The van der Waals surface area contributed by atoms with Gasteiger partial charge in [0.25, 0.3) is 5.91 Å². The molecule has 18 heavy (non-hydrogen) atoms. The Balaban J connectivity index is 2.12. The molecule has 1 aliphatic rings. The van der Waals surface area contributed by atoms with Crippen LogP contribution in [0.5, 0.6) is 0 Å². The van der Waals surface area contributed by atoms with Crippen molar-refractivity contribution in [1.29, 1.82) is 0 Å². The molecule has 1 aromatic rings. The second-order valence-corrected chi connectivity index (χ2v) is 5.95. The molecule has 6 heteroatoms. The van der Waals surface area contributed by atoms with Crippen LogP contribution in [-0.2, 0) is 0 Å². The molecule has 0 unspecified atom stereocenters. The molecule has 0 aromatic heterocycles. The number of oxime groups is 1. The average Bonchev–Trinajstić information content (AvgIpc) is 2.37. The van der Waals surface area contributed by atoms with Crippen molar-refractivity contribution in [2.24, 2.45) is 5.16 Å². The van der Waals surface area contributed by atoms with E-state index in [9.17, 15) is 4.79 Å². The molecule has 1 aliphatic heterocycles. The highest BCUT2D eigenvalue weighted by atomic mass is 79.9. The summed E-state index contributed by atoms with van der Waals surface area (Å²) >= 11 is 6.75. The molecule has 0 saturated carbocycles. The molecule has 1 aromatic carbocycles. The molecule has 2 rings (SSSR count). The number of amides is 1. The van der Waals surface area contributed by atoms with Crippen molar-refractivity contribution in [3.8, 4) is 0 Å². The number of halogens is 2. The van der Waals surface area contributed by atoms with Gasteiger partial charge in [-0.15, -0.1) is 0 Å². The fraction of sp³-hybridized carbons (Fsp3) is 0.333. The number of benzene rings is 1. The molecule has 0 spiro atoms. The first kappa shape index (κ1) is 13.5. The van der Waals surface area contributed by atoms with Crippen molar-refractivity contribution >= 4 is 43.5 Å². The van der Waals surface area contributed by atoms with Crippen LogP contribution in [0.25, 0.3) is 0 Å². The summed E-state index contributed by atoms with van der Waals surface area (Å²) in [6.45, 7) is 1.20. The average molecular weight is 376 g/mol. The lowest BCUT2D eigenvalue weighted by Crippen LogP contribution is -2.38. The molecule has 0 radical (unpaired) electrons. The predicted octanol–water partition coefficient (Wildman–Crippen LogP) is 3.28. The van der Waals surface area contributed by atoms with Gasteiger partial charge in [0.1, 0.15) is 0 Å². The molecular formula is C12H12Br2N2O2. The molecular weight excluding hydrogens is 364 g/mol. The van der Waals surface area contributed by atoms with E-state index in [1.54, 1.807) is 4.90 Å². The summed E-state index contributed by atoms with van der Waals surface area (Å²) in [5.74, 6) is 0.00832. The van der Waals surface area contributed by atoms with Gasteiger partial charge in [-0.05, 0) is 18.2 Å². The van der Waals surface area contributed by atoms with Crippen LogP contribution in [0, 0.1) is 0 Å². The molecule has 4 nitrogen and oxygen atoms in total.